The minimum atomic E-state index is 0.519. The molecule has 1 rings (SSSR count). The predicted octanol–water partition coefficient (Wildman–Crippen LogP) is 3.50. The molecule has 0 aliphatic carbocycles. The highest BCUT2D eigenvalue weighted by molar-refractivity contribution is 4.74. The maximum absolute atomic E-state index is 5.66. The molecule has 1 heterocycles. The lowest BCUT2D eigenvalue weighted by atomic mass is 10.1. The van der Waals surface area contributed by atoms with Crippen LogP contribution in [0, 0.1) is 0 Å². The van der Waals surface area contributed by atoms with Gasteiger partial charge in [-0.25, -0.2) is 0 Å². The van der Waals surface area contributed by atoms with E-state index in [4.69, 9.17) is 4.74 Å². The topological polar surface area (TPSA) is 21.3 Å². The van der Waals surface area contributed by atoms with Gasteiger partial charge in [0.05, 0.1) is 6.10 Å². The Morgan fingerprint density at radius 3 is 2.69 bits per heavy atom. The van der Waals surface area contributed by atoms with Gasteiger partial charge in [-0.3, -0.25) is 0 Å². The number of nitrogens with one attached hydrogen (secondary N) is 1. The molecule has 0 radical (unpaired) electrons. The molecule has 1 saturated heterocycles. The van der Waals surface area contributed by atoms with Crippen LogP contribution < -0.4 is 5.32 Å². The monoisotopic (exact) mass is 227 g/mol. The van der Waals surface area contributed by atoms with Crippen LogP contribution >= 0.6 is 0 Å². The molecular formula is C14H29NO. The van der Waals surface area contributed by atoms with Crippen molar-refractivity contribution in [2.45, 2.75) is 83.9 Å². The zero-order valence-electron chi connectivity index (χ0n) is 11.3. The Bertz CT molecular complexity index is 166. The fourth-order valence-electron chi connectivity index (χ4n) is 2.56. The van der Waals surface area contributed by atoms with Gasteiger partial charge in [0.1, 0.15) is 0 Å². The molecule has 1 aliphatic heterocycles. The van der Waals surface area contributed by atoms with E-state index in [0.717, 1.165) is 6.61 Å². The summed E-state index contributed by atoms with van der Waals surface area (Å²) in [5.41, 5.74) is 0. The third-order valence-electron chi connectivity index (χ3n) is 3.45. The van der Waals surface area contributed by atoms with Gasteiger partial charge in [0.15, 0.2) is 0 Å². The number of unbranched alkanes of at least 4 members (excludes halogenated alkanes) is 2. The van der Waals surface area contributed by atoms with Crippen LogP contribution in [0.25, 0.3) is 0 Å². The predicted molar refractivity (Wildman–Crippen MR) is 69.8 cm³/mol. The Balaban J connectivity index is 2.05. The zero-order chi connectivity index (χ0) is 11.8. The van der Waals surface area contributed by atoms with Crippen molar-refractivity contribution in [1.29, 1.82) is 0 Å². The summed E-state index contributed by atoms with van der Waals surface area (Å²) in [5, 5.41) is 3.69. The van der Waals surface area contributed by atoms with Crippen molar-refractivity contribution in [1.82, 2.24) is 5.32 Å². The van der Waals surface area contributed by atoms with Crippen molar-refractivity contribution in [2.75, 3.05) is 6.61 Å². The van der Waals surface area contributed by atoms with Crippen molar-refractivity contribution in [3.8, 4) is 0 Å². The number of hydrogen-bond acceptors (Lipinski definition) is 2. The van der Waals surface area contributed by atoms with E-state index in [1.54, 1.807) is 0 Å². The van der Waals surface area contributed by atoms with Crippen LogP contribution in [0.5, 0.6) is 0 Å². The molecule has 0 spiro atoms. The maximum Gasteiger partial charge on any atom is 0.0590 e. The molecule has 1 fully saturated rings. The first-order valence-electron chi connectivity index (χ1n) is 7.10. The second kappa shape index (κ2) is 8.08. The van der Waals surface area contributed by atoms with Gasteiger partial charge in [-0.2, -0.15) is 0 Å². The van der Waals surface area contributed by atoms with E-state index >= 15 is 0 Å². The van der Waals surface area contributed by atoms with Crippen LogP contribution in [0.2, 0.25) is 0 Å². The average Bonchev–Trinajstić information content (AvgIpc) is 2.70. The molecule has 2 heteroatoms. The minimum Gasteiger partial charge on any atom is -0.378 e. The quantitative estimate of drug-likeness (QED) is 0.641. The standard InChI is InChI=1S/C14H29NO/c1-4-5-6-8-12(2)15-13(3)11-14-9-7-10-16-14/h12-15H,4-11H2,1-3H3. The highest BCUT2D eigenvalue weighted by Gasteiger charge is 2.18. The van der Waals surface area contributed by atoms with Gasteiger partial charge in [0.2, 0.25) is 0 Å². The molecule has 0 aromatic carbocycles. The molecule has 0 aromatic heterocycles. The molecule has 2 nitrogen and oxygen atoms in total. The number of hydrogen-bond donors (Lipinski definition) is 1. The fourth-order valence-corrected chi connectivity index (χ4v) is 2.56. The van der Waals surface area contributed by atoms with Crippen LogP contribution in [0.4, 0.5) is 0 Å². The van der Waals surface area contributed by atoms with Crippen molar-refractivity contribution in [3.05, 3.63) is 0 Å². The van der Waals surface area contributed by atoms with Crippen LogP contribution in [0.15, 0.2) is 0 Å². The van der Waals surface area contributed by atoms with Crippen molar-refractivity contribution in [3.63, 3.8) is 0 Å². The second-order valence-corrected chi connectivity index (χ2v) is 5.34. The molecule has 1 N–H and O–H groups in total. The summed E-state index contributed by atoms with van der Waals surface area (Å²) in [6, 6.07) is 1.25. The summed E-state index contributed by atoms with van der Waals surface area (Å²) in [6.07, 6.45) is 9.56. The van der Waals surface area contributed by atoms with Crippen molar-refractivity contribution >= 4 is 0 Å². The normalized spacial score (nSPS) is 24.6. The second-order valence-electron chi connectivity index (χ2n) is 5.34. The first kappa shape index (κ1) is 14.0. The molecule has 3 atom stereocenters. The smallest absolute Gasteiger partial charge is 0.0590 e. The highest BCUT2D eigenvalue weighted by Crippen LogP contribution is 2.17. The van der Waals surface area contributed by atoms with Gasteiger partial charge in [0.25, 0.3) is 0 Å². The molecule has 96 valence electrons. The Kier molecular flexibility index (Phi) is 7.06. The lowest BCUT2D eigenvalue weighted by molar-refractivity contribution is 0.0951. The van der Waals surface area contributed by atoms with Crippen LogP contribution in [0.3, 0.4) is 0 Å². The lowest BCUT2D eigenvalue weighted by Crippen LogP contribution is -2.36. The molecule has 0 aromatic rings. The van der Waals surface area contributed by atoms with Gasteiger partial charge in [-0.05, 0) is 39.5 Å². The van der Waals surface area contributed by atoms with Gasteiger partial charge in [0, 0.05) is 18.7 Å². The Hall–Kier alpha value is -0.0800. The summed E-state index contributed by atoms with van der Waals surface area (Å²) in [6.45, 7) is 7.83. The fraction of sp³-hybridized carbons (Fsp3) is 1.00. The molecule has 16 heavy (non-hydrogen) atoms. The van der Waals surface area contributed by atoms with Gasteiger partial charge in [-0.1, -0.05) is 26.2 Å². The molecular weight excluding hydrogens is 198 g/mol. The van der Waals surface area contributed by atoms with Crippen LogP contribution in [-0.2, 0) is 4.74 Å². The molecule has 3 unspecified atom stereocenters. The summed E-state index contributed by atoms with van der Waals surface area (Å²) in [4.78, 5) is 0. The number of ether oxygens (including phenoxy) is 1. The van der Waals surface area contributed by atoms with Gasteiger partial charge < -0.3 is 10.1 Å². The van der Waals surface area contributed by atoms with Crippen LogP contribution in [0.1, 0.15) is 65.7 Å². The first-order chi connectivity index (χ1) is 7.72. The Morgan fingerprint density at radius 2 is 2.06 bits per heavy atom. The van der Waals surface area contributed by atoms with Gasteiger partial charge >= 0.3 is 0 Å². The van der Waals surface area contributed by atoms with E-state index in [1.807, 2.05) is 0 Å². The van der Waals surface area contributed by atoms with E-state index in [1.165, 1.54) is 44.9 Å². The van der Waals surface area contributed by atoms with E-state index in [2.05, 4.69) is 26.1 Å². The van der Waals surface area contributed by atoms with Crippen molar-refractivity contribution in [2.24, 2.45) is 0 Å². The van der Waals surface area contributed by atoms with E-state index in [-0.39, 0.29) is 0 Å². The van der Waals surface area contributed by atoms with Crippen LogP contribution in [-0.4, -0.2) is 24.8 Å². The summed E-state index contributed by atoms with van der Waals surface area (Å²) >= 11 is 0. The average molecular weight is 227 g/mol. The highest BCUT2D eigenvalue weighted by atomic mass is 16.5. The van der Waals surface area contributed by atoms with E-state index < -0.39 is 0 Å². The van der Waals surface area contributed by atoms with E-state index in [9.17, 15) is 0 Å². The third kappa shape index (κ3) is 5.86. The largest absolute Gasteiger partial charge is 0.378 e. The molecule has 0 saturated carbocycles. The molecule has 0 bridgehead atoms. The molecule has 1 aliphatic rings. The van der Waals surface area contributed by atoms with Gasteiger partial charge in [-0.15, -0.1) is 0 Å². The summed E-state index contributed by atoms with van der Waals surface area (Å²) in [7, 11) is 0. The zero-order valence-corrected chi connectivity index (χ0v) is 11.3. The SMILES string of the molecule is CCCCCC(C)NC(C)CC1CCCO1. The summed E-state index contributed by atoms with van der Waals surface area (Å²) in [5.74, 6) is 0. The summed E-state index contributed by atoms with van der Waals surface area (Å²) < 4.78 is 5.66. The third-order valence-corrected chi connectivity index (χ3v) is 3.45. The Labute approximate surface area is 101 Å². The maximum atomic E-state index is 5.66. The molecule has 0 amide bonds. The first-order valence-corrected chi connectivity index (χ1v) is 7.10. The Morgan fingerprint density at radius 1 is 1.25 bits per heavy atom. The van der Waals surface area contributed by atoms with Crippen molar-refractivity contribution < 1.29 is 4.74 Å². The number of rotatable bonds is 8. The lowest BCUT2D eigenvalue weighted by Gasteiger charge is -2.22. The minimum absolute atomic E-state index is 0.519. The van der Waals surface area contributed by atoms with E-state index in [0.29, 0.717) is 18.2 Å².